The van der Waals surface area contributed by atoms with Crippen LogP contribution in [0.4, 0.5) is 0 Å². The van der Waals surface area contributed by atoms with Crippen molar-refractivity contribution in [2.24, 2.45) is 11.5 Å². The van der Waals surface area contributed by atoms with Crippen molar-refractivity contribution in [3.63, 3.8) is 0 Å². The number of sulfonamides is 1. The molecule has 3 aliphatic rings. The molecule has 0 spiro atoms. The zero-order valence-electron chi connectivity index (χ0n) is 30.1. The maximum absolute atomic E-state index is 10.9. The summed E-state index contributed by atoms with van der Waals surface area (Å²) in [5.41, 5.74) is 9.30. The average Bonchev–Trinajstić information content (AvgIpc) is 4.00. The van der Waals surface area contributed by atoms with Gasteiger partial charge in [0.15, 0.2) is 0 Å². The third-order valence-corrected chi connectivity index (χ3v) is 6.66. The van der Waals surface area contributed by atoms with Crippen molar-refractivity contribution < 1.29 is 37.1 Å². The standard InChI is InChI=1S/C7H12N2O2.C6H12O.C5H12O.C4H7NO3S.C3H6.C2H6.3C2H2.CH3NO/c1-5(10)9-4-2-3-6(9)7(8)11;1-3-4-5-6-7-2;1-5(2,3)6-4;6-3-5-9(7,8)4-1-2-4;1-2-3-1;4*1-2;2-1-3/h6H,2-4H2,1H3,(H2,8,11);3H,1,4-6H2,2H3;1-4H3;3-4H,1-2H2,(H,5,6);1-3H2;1-2H3;3*1-2H;1H,(H2,2,3)/t6-;;;;;;;;;/m0........./s1. The van der Waals surface area contributed by atoms with Crippen LogP contribution in [0.25, 0.3) is 0 Å². The molecule has 3 fully saturated rings. The second-order valence-electron chi connectivity index (χ2n) is 9.69. The first-order valence-corrected chi connectivity index (χ1v) is 16.5. The normalized spacial score (nSPS) is 14.1. The summed E-state index contributed by atoms with van der Waals surface area (Å²) in [7, 11) is 0.165. The third-order valence-electron chi connectivity index (χ3n) is 4.88. The minimum Gasteiger partial charge on any atom is -0.385 e. The molecule has 0 radical (unpaired) electrons. The fourth-order valence-electron chi connectivity index (χ4n) is 2.35. The van der Waals surface area contributed by atoms with Crippen molar-refractivity contribution in [2.45, 2.75) is 116 Å². The fourth-order valence-corrected chi connectivity index (χ4v) is 3.44. The minimum atomic E-state index is -3.26. The molecule has 1 heterocycles. The Labute approximate surface area is 287 Å². The predicted octanol–water partition coefficient (Wildman–Crippen LogP) is 3.78. The molecule has 0 bridgehead atoms. The van der Waals surface area contributed by atoms with Gasteiger partial charge < -0.3 is 25.8 Å². The number of carbonyl (C=O) groups excluding carboxylic acids is 4. The number of amides is 4. The number of nitrogens with one attached hydrogen (secondary N) is 1. The zero-order chi connectivity index (χ0) is 38.9. The lowest BCUT2D eigenvalue weighted by Gasteiger charge is -2.19. The van der Waals surface area contributed by atoms with Crippen molar-refractivity contribution in [2.75, 3.05) is 27.4 Å². The largest absolute Gasteiger partial charge is 0.385 e. The van der Waals surface area contributed by atoms with E-state index in [1.165, 1.54) is 31.1 Å². The van der Waals surface area contributed by atoms with Crippen LogP contribution in [0.15, 0.2) is 12.7 Å². The maximum atomic E-state index is 10.9. The van der Waals surface area contributed by atoms with Gasteiger partial charge in [-0.25, -0.2) is 8.42 Å². The van der Waals surface area contributed by atoms with E-state index in [2.05, 4.69) is 50.9 Å². The lowest BCUT2D eigenvalue weighted by Crippen LogP contribution is -2.42. The van der Waals surface area contributed by atoms with E-state index in [0.29, 0.717) is 19.4 Å². The number of primary amides is 2. The van der Waals surface area contributed by atoms with Crippen LogP contribution in [0.2, 0.25) is 0 Å². The number of unbranched alkanes of at least 4 members (excludes halogenated alkanes) is 1. The van der Waals surface area contributed by atoms with E-state index in [-0.39, 0.29) is 35.6 Å². The van der Waals surface area contributed by atoms with E-state index in [1.807, 2.05) is 40.7 Å². The number of carbonyl (C=O) groups is 4. The molecule has 4 amide bonds. The SMILES string of the molecule is C#C.C#C.C#C.C1CC1.C=CCCCOC.CC.CC(=O)N1CCC[C@H]1C(N)=O.COC(C)(C)C.NC=O.O=CNS(=O)(=O)C1CC1. The summed E-state index contributed by atoms with van der Waals surface area (Å²) < 4.78 is 32.8. The minimum absolute atomic E-state index is 0.0417. The van der Waals surface area contributed by atoms with Gasteiger partial charge in [-0.3, -0.25) is 23.9 Å². The molecule has 1 aliphatic heterocycles. The van der Waals surface area contributed by atoms with Crippen LogP contribution >= 0.6 is 0 Å². The monoisotopic (exact) mass is 688 g/mol. The van der Waals surface area contributed by atoms with Gasteiger partial charge in [-0.1, -0.05) is 39.2 Å². The summed E-state index contributed by atoms with van der Waals surface area (Å²) in [6.45, 7) is 16.6. The molecular weight excluding hydrogens is 624 g/mol. The third kappa shape index (κ3) is 55.0. The van der Waals surface area contributed by atoms with E-state index >= 15 is 0 Å². The lowest BCUT2D eigenvalue weighted by atomic mass is 10.2. The number of likely N-dealkylation sites (tertiary alicyclic amines) is 1. The first kappa shape index (κ1) is 58.7. The second-order valence-corrected chi connectivity index (χ2v) is 11.7. The van der Waals surface area contributed by atoms with Crippen LogP contribution in [0.3, 0.4) is 0 Å². The van der Waals surface area contributed by atoms with Crippen molar-refractivity contribution in [1.29, 1.82) is 0 Å². The lowest BCUT2D eigenvalue weighted by molar-refractivity contribution is -0.135. The summed E-state index contributed by atoms with van der Waals surface area (Å²) in [5.74, 6) is -0.455. The first-order valence-electron chi connectivity index (χ1n) is 15.0. The summed E-state index contributed by atoms with van der Waals surface area (Å²) in [5, 5.41) is -0.303. The molecule has 2 aliphatic carbocycles. The molecule has 2 saturated carbocycles. The quantitative estimate of drug-likeness (QED) is 0.149. The molecule has 0 aromatic heterocycles. The number of hydrogen-bond donors (Lipinski definition) is 3. The molecule has 0 unspecified atom stereocenters. The average molecular weight is 689 g/mol. The maximum Gasteiger partial charge on any atom is 0.240 e. The number of terminal acetylenes is 3. The van der Waals surface area contributed by atoms with Gasteiger partial charge in [0.25, 0.3) is 0 Å². The van der Waals surface area contributed by atoms with E-state index in [1.54, 1.807) is 18.9 Å². The highest BCUT2D eigenvalue weighted by Crippen LogP contribution is 2.26. The van der Waals surface area contributed by atoms with Crippen molar-refractivity contribution in [3.05, 3.63) is 12.7 Å². The smallest absolute Gasteiger partial charge is 0.240 e. The van der Waals surface area contributed by atoms with Crippen LogP contribution in [-0.4, -0.2) is 82.2 Å². The van der Waals surface area contributed by atoms with Crippen LogP contribution in [0.1, 0.15) is 99.3 Å². The van der Waals surface area contributed by atoms with E-state index < -0.39 is 15.9 Å². The van der Waals surface area contributed by atoms with Crippen LogP contribution in [-0.2, 0) is 38.7 Å². The van der Waals surface area contributed by atoms with Gasteiger partial charge in [-0.2, -0.15) is 0 Å². The number of methoxy groups -OCH3 is 2. The molecule has 12 nitrogen and oxygen atoms in total. The topological polar surface area (TPSA) is 188 Å². The molecule has 0 aromatic carbocycles. The van der Waals surface area contributed by atoms with Gasteiger partial charge in [0.05, 0.1) is 10.9 Å². The molecule has 13 heteroatoms. The first-order chi connectivity index (χ1) is 22.2. The van der Waals surface area contributed by atoms with Crippen LogP contribution in [0.5, 0.6) is 0 Å². The number of ether oxygens (including phenoxy) is 2. The van der Waals surface area contributed by atoms with E-state index in [4.69, 9.17) is 20.0 Å². The summed E-state index contributed by atoms with van der Waals surface area (Å²) in [4.78, 5) is 41.4. The molecule has 5 N–H and O–H groups in total. The molecule has 47 heavy (non-hydrogen) atoms. The van der Waals surface area contributed by atoms with Gasteiger partial charge in [-0.15, -0.1) is 45.1 Å². The Morgan fingerprint density at radius 2 is 1.36 bits per heavy atom. The Morgan fingerprint density at radius 1 is 0.957 bits per heavy atom. The van der Waals surface area contributed by atoms with Gasteiger partial charge in [-0.05, 0) is 59.3 Å². The number of allylic oxidation sites excluding steroid dienone is 1. The highest BCUT2D eigenvalue weighted by Gasteiger charge is 2.35. The Hall–Kier alpha value is -3.83. The Kier molecular flexibility index (Phi) is 55.3. The predicted molar refractivity (Wildman–Crippen MR) is 194 cm³/mol. The van der Waals surface area contributed by atoms with E-state index in [9.17, 15) is 22.8 Å². The van der Waals surface area contributed by atoms with Crippen molar-refractivity contribution in [3.8, 4) is 38.5 Å². The summed E-state index contributed by atoms with van der Waals surface area (Å²) in [6.07, 6.45) is 36.0. The van der Waals surface area contributed by atoms with E-state index in [0.717, 1.165) is 32.3 Å². The number of hydrogen-bond acceptors (Lipinski definition) is 8. The van der Waals surface area contributed by atoms with Crippen LogP contribution in [0, 0.1) is 38.5 Å². The Morgan fingerprint density at radius 3 is 1.57 bits per heavy atom. The highest BCUT2D eigenvalue weighted by atomic mass is 32.2. The molecular formula is C34H64N4O8S. The van der Waals surface area contributed by atoms with Gasteiger partial charge in [0.1, 0.15) is 6.04 Å². The number of nitrogens with zero attached hydrogens (tertiary/aromatic N) is 1. The second kappa shape index (κ2) is 44.3. The molecule has 274 valence electrons. The highest BCUT2D eigenvalue weighted by molar-refractivity contribution is 7.90. The summed E-state index contributed by atoms with van der Waals surface area (Å²) >= 11 is 0. The molecule has 1 saturated heterocycles. The van der Waals surface area contributed by atoms with Crippen molar-refractivity contribution in [1.82, 2.24) is 9.62 Å². The van der Waals surface area contributed by atoms with Crippen molar-refractivity contribution >= 4 is 34.7 Å². The number of rotatable bonds is 8. The Balaban J connectivity index is -0.0000000813. The molecule has 3 rings (SSSR count). The molecule has 1 atom stereocenters. The zero-order valence-corrected chi connectivity index (χ0v) is 30.9. The molecule has 0 aromatic rings. The van der Waals surface area contributed by atoms with Gasteiger partial charge in [0.2, 0.25) is 34.7 Å². The van der Waals surface area contributed by atoms with Crippen LogP contribution < -0.4 is 16.2 Å². The fraction of sp³-hybridized carbons (Fsp3) is 0.647. The van der Waals surface area contributed by atoms with Gasteiger partial charge >= 0.3 is 0 Å². The Bertz CT molecular complexity index is 868. The van der Waals surface area contributed by atoms with Gasteiger partial charge in [0, 0.05) is 34.3 Å². The number of nitrogens with two attached hydrogens (primary N) is 2. The summed E-state index contributed by atoms with van der Waals surface area (Å²) in [6, 6.07) is -0.354.